The fourth-order valence-electron chi connectivity index (χ4n) is 1.63. The lowest BCUT2D eigenvalue weighted by Gasteiger charge is -2.06. The van der Waals surface area contributed by atoms with Gasteiger partial charge in [0.2, 0.25) is 0 Å². The molecule has 0 saturated heterocycles. The quantitative estimate of drug-likeness (QED) is 0.940. The largest absolute Gasteiger partial charge is 0.352 e. The maximum atomic E-state index is 13.5. The Bertz CT molecular complexity index is 575. The van der Waals surface area contributed by atoms with Crippen molar-refractivity contribution in [2.24, 2.45) is 0 Å². The highest BCUT2D eigenvalue weighted by molar-refractivity contribution is 9.10. The van der Waals surface area contributed by atoms with Crippen molar-refractivity contribution in [3.63, 3.8) is 0 Å². The number of benzene rings is 1. The number of carbonyl (C=O) groups excluding carboxylic acids is 1. The maximum Gasteiger partial charge on any atom is 0.254 e. The van der Waals surface area contributed by atoms with Crippen molar-refractivity contribution < 1.29 is 9.18 Å². The zero-order valence-corrected chi connectivity index (χ0v) is 11.7. The van der Waals surface area contributed by atoms with Gasteiger partial charge >= 0.3 is 0 Å². The minimum atomic E-state index is -0.526. The summed E-state index contributed by atoms with van der Waals surface area (Å²) in [5.41, 5.74) is 1.07. The van der Waals surface area contributed by atoms with Gasteiger partial charge in [0.05, 0.1) is 5.56 Å². The average molecular weight is 323 g/mol. The molecule has 2 rings (SSSR count). The fraction of sp³-hybridized carbons (Fsp3) is 0.143. The molecule has 19 heavy (non-hydrogen) atoms. The van der Waals surface area contributed by atoms with Crippen LogP contribution in [0, 0.1) is 5.82 Å². The molecule has 98 valence electrons. The summed E-state index contributed by atoms with van der Waals surface area (Å²) in [4.78, 5) is 15.8. The van der Waals surface area contributed by atoms with E-state index in [4.69, 9.17) is 0 Å². The summed E-state index contributed by atoms with van der Waals surface area (Å²) in [6.07, 6.45) is 4.10. The van der Waals surface area contributed by atoms with E-state index in [1.807, 2.05) is 12.1 Å². The van der Waals surface area contributed by atoms with Crippen LogP contribution in [0.2, 0.25) is 0 Å². The molecule has 1 heterocycles. The molecule has 1 aromatic heterocycles. The standard InChI is InChI=1S/C14H12BrFN2O/c15-11-3-4-13(16)12(8-11)14(19)18-7-5-10-2-1-6-17-9-10/h1-4,6,8-9H,5,7H2,(H,18,19). The van der Waals surface area contributed by atoms with Crippen molar-refractivity contribution in [2.75, 3.05) is 6.54 Å². The molecule has 0 bridgehead atoms. The van der Waals surface area contributed by atoms with Crippen molar-refractivity contribution in [3.05, 3.63) is 64.1 Å². The van der Waals surface area contributed by atoms with Gasteiger partial charge in [-0.3, -0.25) is 9.78 Å². The molecule has 1 N–H and O–H groups in total. The van der Waals surface area contributed by atoms with Gasteiger partial charge in [-0.05, 0) is 36.2 Å². The second kappa shape index (κ2) is 6.43. The number of pyridine rings is 1. The molecular formula is C14H12BrFN2O. The molecule has 1 aromatic carbocycles. The van der Waals surface area contributed by atoms with Crippen LogP contribution in [0.5, 0.6) is 0 Å². The Morgan fingerprint density at radius 2 is 2.21 bits per heavy atom. The lowest BCUT2D eigenvalue weighted by atomic mass is 10.2. The first-order chi connectivity index (χ1) is 9.16. The lowest BCUT2D eigenvalue weighted by molar-refractivity contribution is 0.0950. The van der Waals surface area contributed by atoms with Crippen molar-refractivity contribution in [3.8, 4) is 0 Å². The summed E-state index contributed by atoms with van der Waals surface area (Å²) >= 11 is 3.21. The van der Waals surface area contributed by atoms with Gasteiger partial charge in [0.25, 0.3) is 5.91 Å². The lowest BCUT2D eigenvalue weighted by Crippen LogP contribution is -2.26. The van der Waals surface area contributed by atoms with Crippen molar-refractivity contribution in [1.29, 1.82) is 0 Å². The zero-order valence-electron chi connectivity index (χ0n) is 10.1. The van der Waals surface area contributed by atoms with Crippen LogP contribution in [0.25, 0.3) is 0 Å². The topological polar surface area (TPSA) is 42.0 Å². The van der Waals surface area contributed by atoms with Gasteiger partial charge in [0.1, 0.15) is 5.82 Å². The summed E-state index contributed by atoms with van der Waals surface area (Å²) in [6.45, 7) is 0.441. The Kier molecular flexibility index (Phi) is 4.63. The Morgan fingerprint density at radius 1 is 1.37 bits per heavy atom. The van der Waals surface area contributed by atoms with E-state index in [1.165, 1.54) is 12.1 Å². The van der Waals surface area contributed by atoms with Gasteiger partial charge < -0.3 is 5.32 Å². The molecule has 0 saturated carbocycles. The number of carbonyl (C=O) groups is 1. The Morgan fingerprint density at radius 3 is 2.95 bits per heavy atom. The van der Waals surface area contributed by atoms with Gasteiger partial charge in [0, 0.05) is 23.4 Å². The van der Waals surface area contributed by atoms with E-state index in [0.29, 0.717) is 17.4 Å². The van der Waals surface area contributed by atoms with Crippen LogP contribution in [-0.2, 0) is 6.42 Å². The number of aromatic nitrogens is 1. The minimum Gasteiger partial charge on any atom is -0.352 e. The number of amides is 1. The van der Waals surface area contributed by atoms with E-state index in [2.05, 4.69) is 26.2 Å². The van der Waals surface area contributed by atoms with Crippen LogP contribution < -0.4 is 5.32 Å². The van der Waals surface area contributed by atoms with Gasteiger partial charge in [-0.25, -0.2) is 4.39 Å². The molecule has 0 aliphatic carbocycles. The Hall–Kier alpha value is -1.75. The van der Waals surface area contributed by atoms with E-state index in [-0.39, 0.29) is 5.56 Å². The fourth-order valence-corrected chi connectivity index (χ4v) is 1.99. The summed E-state index contributed by atoms with van der Waals surface area (Å²) in [5.74, 6) is -0.940. The first kappa shape index (κ1) is 13.7. The minimum absolute atomic E-state index is 0.0422. The molecule has 1 amide bonds. The number of hydrogen-bond donors (Lipinski definition) is 1. The molecule has 0 aliphatic rings. The molecule has 5 heteroatoms. The predicted molar refractivity (Wildman–Crippen MR) is 74.4 cm³/mol. The highest BCUT2D eigenvalue weighted by Gasteiger charge is 2.11. The number of halogens is 2. The highest BCUT2D eigenvalue weighted by atomic mass is 79.9. The van der Waals surface area contributed by atoms with Crippen molar-refractivity contribution in [1.82, 2.24) is 10.3 Å². The Labute approximate surface area is 119 Å². The van der Waals surface area contributed by atoms with Gasteiger partial charge in [-0.2, -0.15) is 0 Å². The number of rotatable bonds is 4. The van der Waals surface area contributed by atoms with Gasteiger partial charge in [-0.15, -0.1) is 0 Å². The second-order valence-corrected chi connectivity index (χ2v) is 4.91. The molecule has 0 aliphatic heterocycles. The third kappa shape index (κ3) is 3.86. The van der Waals surface area contributed by atoms with Crippen LogP contribution in [0.1, 0.15) is 15.9 Å². The van der Waals surface area contributed by atoms with Gasteiger partial charge in [-0.1, -0.05) is 22.0 Å². The number of hydrogen-bond acceptors (Lipinski definition) is 2. The first-order valence-electron chi connectivity index (χ1n) is 5.79. The summed E-state index contributed by atoms with van der Waals surface area (Å²) in [6, 6.07) is 8.06. The number of nitrogens with one attached hydrogen (secondary N) is 1. The van der Waals surface area contributed by atoms with Crippen molar-refractivity contribution in [2.45, 2.75) is 6.42 Å². The molecule has 0 spiro atoms. The molecule has 0 atom stereocenters. The van der Waals surface area contributed by atoms with Crippen LogP contribution in [0.3, 0.4) is 0 Å². The average Bonchev–Trinajstić information content (AvgIpc) is 2.42. The first-order valence-corrected chi connectivity index (χ1v) is 6.58. The maximum absolute atomic E-state index is 13.5. The Balaban J connectivity index is 1.93. The molecule has 2 aromatic rings. The summed E-state index contributed by atoms with van der Waals surface area (Å²) in [7, 11) is 0. The van der Waals surface area contributed by atoms with E-state index in [9.17, 15) is 9.18 Å². The monoisotopic (exact) mass is 322 g/mol. The van der Waals surface area contributed by atoms with E-state index in [1.54, 1.807) is 18.5 Å². The number of nitrogens with zero attached hydrogens (tertiary/aromatic N) is 1. The van der Waals surface area contributed by atoms with E-state index < -0.39 is 11.7 Å². The normalized spacial score (nSPS) is 10.2. The molecule has 0 fully saturated rings. The third-order valence-electron chi connectivity index (χ3n) is 2.60. The summed E-state index contributed by atoms with van der Waals surface area (Å²) in [5, 5.41) is 2.69. The van der Waals surface area contributed by atoms with Gasteiger partial charge in [0.15, 0.2) is 0 Å². The van der Waals surface area contributed by atoms with E-state index >= 15 is 0 Å². The predicted octanol–water partition coefficient (Wildman–Crippen LogP) is 2.96. The van der Waals surface area contributed by atoms with Crippen LogP contribution in [0.4, 0.5) is 4.39 Å². The van der Waals surface area contributed by atoms with Crippen molar-refractivity contribution >= 4 is 21.8 Å². The SMILES string of the molecule is O=C(NCCc1cccnc1)c1cc(Br)ccc1F. The molecule has 3 nitrogen and oxygen atoms in total. The smallest absolute Gasteiger partial charge is 0.254 e. The van der Waals surface area contributed by atoms with E-state index in [0.717, 1.165) is 5.56 Å². The third-order valence-corrected chi connectivity index (χ3v) is 3.09. The second-order valence-electron chi connectivity index (χ2n) is 3.99. The molecule has 0 radical (unpaired) electrons. The summed E-state index contributed by atoms with van der Waals surface area (Å²) < 4.78 is 14.2. The molecule has 0 unspecified atom stereocenters. The highest BCUT2D eigenvalue weighted by Crippen LogP contribution is 2.15. The van der Waals surface area contributed by atoms with Crippen LogP contribution in [-0.4, -0.2) is 17.4 Å². The molecular weight excluding hydrogens is 311 g/mol. The zero-order chi connectivity index (χ0) is 13.7. The van der Waals surface area contributed by atoms with Crippen LogP contribution >= 0.6 is 15.9 Å². The van der Waals surface area contributed by atoms with Crippen LogP contribution in [0.15, 0.2) is 47.2 Å².